The fourth-order valence-electron chi connectivity index (χ4n) is 1.77. The molecule has 0 aliphatic heterocycles. The number of carbonyl (C=O) groups excluding carboxylic acids is 1. The Morgan fingerprint density at radius 3 is 2.67 bits per heavy atom. The lowest BCUT2D eigenvalue weighted by atomic mass is 10.3. The Hall–Kier alpha value is -1.92. The van der Waals surface area contributed by atoms with E-state index in [1.165, 1.54) is 4.80 Å². The minimum Gasteiger partial charge on any atom is -0.390 e. The molecule has 0 unspecified atom stereocenters. The average Bonchev–Trinajstić information content (AvgIpc) is 2.92. The largest absolute Gasteiger partial charge is 0.390 e. The number of benzene rings is 1. The fourth-order valence-corrected chi connectivity index (χ4v) is 1.90. The van der Waals surface area contributed by atoms with Gasteiger partial charge in [-0.2, -0.15) is 4.80 Å². The Morgan fingerprint density at radius 2 is 2.05 bits per heavy atom. The third-order valence-electron chi connectivity index (χ3n) is 2.92. The van der Waals surface area contributed by atoms with Crippen LogP contribution in [0.25, 0.3) is 5.69 Å². The highest BCUT2D eigenvalue weighted by molar-refractivity contribution is 6.30. The van der Waals surface area contributed by atoms with Crippen molar-refractivity contribution in [2.24, 2.45) is 0 Å². The molecule has 0 saturated heterocycles. The van der Waals surface area contributed by atoms with Gasteiger partial charge in [-0.15, -0.1) is 10.2 Å². The van der Waals surface area contributed by atoms with E-state index in [0.717, 1.165) is 12.8 Å². The van der Waals surface area contributed by atoms with Gasteiger partial charge in [-0.05, 0) is 30.7 Å². The Bertz CT molecular complexity index is 610. The summed E-state index contributed by atoms with van der Waals surface area (Å²) in [6.45, 7) is 2.28. The third kappa shape index (κ3) is 3.80. The summed E-state index contributed by atoms with van der Waals surface area (Å²) in [5.74, 6) is -0.326. The van der Waals surface area contributed by atoms with Gasteiger partial charge in [0.15, 0.2) is 5.69 Å². The van der Waals surface area contributed by atoms with E-state index >= 15 is 0 Å². The molecule has 7 heteroatoms. The number of rotatable bonds is 6. The molecular formula is C14H17ClN4O2. The van der Waals surface area contributed by atoms with Crippen molar-refractivity contribution in [3.8, 4) is 5.69 Å². The molecule has 0 bridgehead atoms. The van der Waals surface area contributed by atoms with Crippen molar-refractivity contribution < 1.29 is 9.90 Å². The van der Waals surface area contributed by atoms with Crippen LogP contribution < -0.4 is 5.32 Å². The highest BCUT2D eigenvalue weighted by Crippen LogP contribution is 2.13. The molecule has 1 aromatic carbocycles. The molecule has 0 spiro atoms. The van der Waals surface area contributed by atoms with E-state index in [1.54, 1.807) is 24.3 Å². The number of aliphatic hydroxyl groups is 1. The highest BCUT2D eigenvalue weighted by atomic mass is 35.5. The number of amides is 1. The summed E-state index contributed by atoms with van der Waals surface area (Å²) in [6, 6.07) is 6.89. The fraction of sp³-hybridized carbons (Fsp3) is 0.357. The summed E-state index contributed by atoms with van der Waals surface area (Å²) < 4.78 is 0. The van der Waals surface area contributed by atoms with E-state index in [4.69, 9.17) is 11.6 Å². The van der Waals surface area contributed by atoms with E-state index < -0.39 is 0 Å². The number of hydrogen-bond donors (Lipinski definition) is 2. The summed E-state index contributed by atoms with van der Waals surface area (Å²) in [4.78, 5) is 13.4. The Kier molecular flexibility index (Phi) is 5.30. The van der Waals surface area contributed by atoms with E-state index in [1.807, 2.05) is 6.92 Å². The van der Waals surface area contributed by atoms with E-state index in [2.05, 4.69) is 15.5 Å². The quantitative estimate of drug-likeness (QED) is 0.799. The second kappa shape index (κ2) is 7.19. The van der Waals surface area contributed by atoms with Crippen molar-refractivity contribution in [2.45, 2.75) is 26.4 Å². The number of nitrogens with zero attached hydrogens (tertiary/aromatic N) is 3. The summed E-state index contributed by atoms with van der Waals surface area (Å²) in [7, 11) is 0. The molecule has 2 rings (SSSR count). The maximum atomic E-state index is 12.0. The second-order valence-electron chi connectivity index (χ2n) is 4.53. The van der Waals surface area contributed by atoms with Crippen LogP contribution in [0.3, 0.4) is 0 Å². The SMILES string of the molecule is CCCCNC(=O)c1nn(-c2ccc(Cl)cc2)nc1CO. The van der Waals surface area contributed by atoms with Gasteiger partial charge in [0, 0.05) is 11.6 Å². The van der Waals surface area contributed by atoms with Gasteiger partial charge in [-0.3, -0.25) is 4.79 Å². The topological polar surface area (TPSA) is 80.0 Å². The van der Waals surface area contributed by atoms with Crippen LogP contribution in [-0.4, -0.2) is 32.6 Å². The van der Waals surface area contributed by atoms with Gasteiger partial charge in [0.05, 0.1) is 12.3 Å². The Balaban J connectivity index is 2.22. The molecule has 0 atom stereocenters. The smallest absolute Gasteiger partial charge is 0.273 e. The van der Waals surface area contributed by atoms with Crippen molar-refractivity contribution in [2.75, 3.05) is 6.54 Å². The molecule has 1 aromatic heterocycles. The number of hydrogen-bond acceptors (Lipinski definition) is 4. The van der Waals surface area contributed by atoms with Gasteiger partial charge in [-0.25, -0.2) is 0 Å². The predicted octanol–water partition coefficient (Wildman–Crippen LogP) is 1.94. The molecule has 0 aliphatic carbocycles. The van der Waals surface area contributed by atoms with Crippen LogP contribution >= 0.6 is 11.6 Å². The normalized spacial score (nSPS) is 10.6. The highest BCUT2D eigenvalue weighted by Gasteiger charge is 2.18. The maximum Gasteiger partial charge on any atom is 0.273 e. The van der Waals surface area contributed by atoms with Crippen molar-refractivity contribution in [3.63, 3.8) is 0 Å². The average molecular weight is 309 g/mol. The zero-order chi connectivity index (χ0) is 15.2. The molecule has 2 N–H and O–H groups in total. The summed E-state index contributed by atoms with van der Waals surface area (Å²) in [5, 5.41) is 21.0. The van der Waals surface area contributed by atoms with Gasteiger partial charge in [0.25, 0.3) is 5.91 Å². The molecular weight excluding hydrogens is 292 g/mol. The molecule has 0 aliphatic rings. The number of halogens is 1. The lowest BCUT2D eigenvalue weighted by molar-refractivity contribution is 0.0944. The van der Waals surface area contributed by atoms with Gasteiger partial charge in [0.1, 0.15) is 5.69 Å². The Morgan fingerprint density at radius 1 is 1.33 bits per heavy atom. The lowest BCUT2D eigenvalue weighted by Crippen LogP contribution is -2.25. The minimum absolute atomic E-state index is 0.142. The lowest BCUT2D eigenvalue weighted by Gasteiger charge is -2.01. The number of unbranched alkanes of at least 4 members (excludes halogenated alkanes) is 1. The van der Waals surface area contributed by atoms with Crippen LogP contribution in [-0.2, 0) is 6.61 Å². The van der Waals surface area contributed by atoms with E-state index in [9.17, 15) is 9.90 Å². The van der Waals surface area contributed by atoms with Crippen LogP contribution in [0.2, 0.25) is 5.02 Å². The molecule has 0 fully saturated rings. The number of carbonyl (C=O) groups is 1. The third-order valence-corrected chi connectivity index (χ3v) is 3.17. The van der Waals surface area contributed by atoms with Gasteiger partial charge >= 0.3 is 0 Å². The van der Waals surface area contributed by atoms with E-state index in [-0.39, 0.29) is 23.9 Å². The molecule has 1 heterocycles. The van der Waals surface area contributed by atoms with Crippen molar-refractivity contribution in [1.82, 2.24) is 20.3 Å². The zero-order valence-corrected chi connectivity index (χ0v) is 12.5. The monoisotopic (exact) mass is 308 g/mol. The van der Waals surface area contributed by atoms with Gasteiger partial charge in [-0.1, -0.05) is 24.9 Å². The second-order valence-corrected chi connectivity index (χ2v) is 4.97. The summed E-state index contributed by atoms with van der Waals surface area (Å²) in [6.07, 6.45) is 1.89. The first-order valence-corrected chi connectivity index (χ1v) is 7.14. The molecule has 21 heavy (non-hydrogen) atoms. The first kappa shape index (κ1) is 15.5. The summed E-state index contributed by atoms with van der Waals surface area (Å²) in [5.41, 5.74) is 1.06. The van der Waals surface area contributed by atoms with Crippen LogP contribution in [0, 0.1) is 0 Å². The predicted molar refractivity (Wildman–Crippen MR) is 79.5 cm³/mol. The molecule has 6 nitrogen and oxygen atoms in total. The zero-order valence-electron chi connectivity index (χ0n) is 11.7. The molecule has 112 valence electrons. The van der Waals surface area contributed by atoms with Gasteiger partial charge in [0.2, 0.25) is 0 Å². The van der Waals surface area contributed by atoms with Crippen molar-refractivity contribution >= 4 is 17.5 Å². The number of aliphatic hydroxyl groups excluding tert-OH is 1. The van der Waals surface area contributed by atoms with E-state index in [0.29, 0.717) is 17.3 Å². The number of nitrogens with one attached hydrogen (secondary N) is 1. The molecule has 0 radical (unpaired) electrons. The summed E-state index contributed by atoms with van der Waals surface area (Å²) >= 11 is 5.83. The molecule has 2 aromatic rings. The van der Waals surface area contributed by atoms with Crippen molar-refractivity contribution in [1.29, 1.82) is 0 Å². The van der Waals surface area contributed by atoms with Crippen LogP contribution in [0.4, 0.5) is 0 Å². The maximum absolute atomic E-state index is 12.0. The van der Waals surface area contributed by atoms with Gasteiger partial charge < -0.3 is 10.4 Å². The molecule has 1 amide bonds. The first-order chi connectivity index (χ1) is 10.2. The molecule has 0 saturated carbocycles. The number of aromatic nitrogens is 3. The van der Waals surface area contributed by atoms with Crippen molar-refractivity contribution in [3.05, 3.63) is 40.7 Å². The minimum atomic E-state index is -0.343. The Labute approximate surface area is 127 Å². The first-order valence-electron chi connectivity index (χ1n) is 6.77. The van der Waals surface area contributed by atoms with Crippen LogP contribution in [0.1, 0.15) is 35.9 Å². The van der Waals surface area contributed by atoms with Crippen LogP contribution in [0.5, 0.6) is 0 Å². The standard InChI is InChI=1S/C14H17ClN4O2/c1-2-3-8-16-14(21)13-12(9-20)17-19(18-13)11-6-4-10(15)5-7-11/h4-7,20H,2-3,8-9H2,1H3,(H,16,21). The van der Waals surface area contributed by atoms with Crippen LogP contribution in [0.15, 0.2) is 24.3 Å².